The van der Waals surface area contributed by atoms with Crippen LogP contribution in [0, 0.1) is 0 Å². The third-order valence-corrected chi connectivity index (χ3v) is 5.69. The van der Waals surface area contributed by atoms with Gasteiger partial charge in [-0.05, 0) is 30.7 Å². The predicted octanol–water partition coefficient (Wildman–Crippen LogP) is 3.96. The number of Topliss-reactive ketones (excluding diaryl/α,β-unsaturated/α-hetero) is 1. The van der Waals surface area contributed by atoms with Crippen molar-refractivity contribution in [2.24, 2.45) is 0 Å². The lowest BCUT2D eigenvalue weighted by atomic mass is 10.2. The molecule has 0 atom stereocenters. The van der Waals surface area contributed by atoms with E-state index in [0.29, 0.717) is 40.3 Å². The minimum absolute atomic E-state index is 0.0351. The molecule has 142 valence electrons. The lowest BCUT2D eigenvalue weighted by molar-refractivity contribution is 0.0978. The Bertz CT molecular complexity index is 1000. The number of ketones is 1. The number of anilines is 1. The Morgan fingerprint density at radius 1 is 0.964 bits per heavy atom. The third-order valence-electron chi connectivity index (χ3n) is 4.47. The van der Waals surface area contributed by atoms with E-state index in [-0.39, 0.29) is 17.4 Å². The summed E-state index contributed by atoms with van der Waals surface area (Å²) >= 11 is 7.25. The molecule has 0 saturated carbocycles. The molecule has 0 N–H and O–H groups in total. The second kappa shape index (κ2) is 8.16. The number of halogens is 1. The molecule has 2 aromatic carbocycles. The maximum Gasteiger partial charge on any atom is 0.260 e. The molecule has 0 bridgehead atoms. The van der Waals surface area contributed by atoms with E-state index in [0.717, 1.165) is 6.42 Å². The van der Waals surface area contributed by atoms with Crippen LogP contribution in [0.5, 0.6) is 0 Å². The number of nitrogens with zero attached hydrogens (tertiary/aromatic N) is 4. The number of benzene rings is 2. The molecule has 2 heterocycles. The van der Waals surface area contributed by atoms with E-state index in [2.05, 4.69) is 10.2 Å². The van der Waals surface area contributed by atoms with E-state index in [9.17, 15) is 9.59 Å². The molecule has 1 aliphatic heterocycles. The molecule has 3 aromatic rings. The minimum Gasteiger partial charge on any atom is -0.293 e. The largest absolute Gasteiger partial charge is 0.293 e. The van der Waals surface area contributed by atoms with Crippen LogP contribution in [0.1, 0.15) is 27.1 Å². The minimum atomic E-state index is -0.137. The number of rotatable bonds is 5. The Labute approximate surface area is 171 Å². The molecular weight excluding hydrogens is 396 g/mol. The molecule has 6 nitrogen and oxygen atoms in total. The van der Waals surface area contributed by atoms with Crippen LogP contribution in [0.3, 0.4) is 0 Å². The molecule has 1 aliphatic rings. The normalized spacial score (nSPS) is 13.2. The van der Waals surface area contributed by atoms with Gasteiger partial charge in [-0.15, -0.1) is 10.2 Å². The van der Waals surface area contributed by atoms with E-state index < -0.39 is 0 Å². The van der Waals surface area contributed by atoms with Crippen molar-refractivity contribution in [3.8, 4) is 0 Å². The average molecular weight is 413 g/mol. The zero-order valence-electron chi connectivity index (χ0n) is 14.9. The second-order valence-electron chi connectivity index (χ2n) is 6.33. The molecule has 0 unspecified atom stereocenters. The molecule has 0 saturated heterocycles. The van der Waals surface area contributed by atoms with Gasteiger partial charge in [0.1, 0.15) is 0 Å². The van der Waals surface area contributed by atoms with Crippen molar-refractivity contribution in [1.82, 2.24) is 14.8 Å². The first-order chi connectivity index (χ1) is 13.6. The number of fused-ring (bicyclic) bond motifs is 1. The zero-order chi connectivity index (χ0) is 19.5. The van der Waals surface area contributed by atoms with Gasteiger partial charge in [0, 0.05) is 29.2 Å². The average Bonchev–Trinajstić information content (AvgIpc) is 3.16. The van der Waals surface area contributed by atoms with Crippen molar-refractivity contribution < 1.29 is 9.59 Å². The highest BCUT2D eigenvalue weighted by Crippen LogP contribution is 2.27. The van der Waals surface area contributed by atoms with E-state index in [4.69, 9.17) is 11.6 Å². The molecule has 0 radical (unpaired) electrons. The van der Waals surface area contributed by atoms with Gasteiger partial charge in [-0.25, -0.2) is 0 Å². The lowest BCUT2D eigenvalue weighted by Crippen LogP contribution is -2.38. The summed E-state index contributed by atoms with van der Waals surface area (Å²) < 4.78 is 1.90. The Morgan fingerprint density at radius 2 is 1.71 bits per heavy atom. The van der Waals surface area contributed by atoms with Crippen molar-refractivity contribution in [2.45, 2.75) is 18.1 Å². The first kappa shape index (κ1) is 18.7. The quantitative estimate of drug-likeness (QED) is 0.468. The SMILES string of the molecule is O=C(CSc1nnc2n1CCCN2C(=O)c1ccc(Cl)cc1)c1ccccc1. The van der Waals surface area contributed by atoms with Gasteiger partial charge in [-0.2, -0.15) is 0 Å². The summed E-state index contributed by atoms with van der Waals surface area (Å²) in [6.45, 7) is 1.29. The molecule has 0 aliphatic carbocycles. The Kier molecular flexibility index (Phi) is 5.45. The van der Waals surface area contributed by atoms with Gasteiger partial charge < -0.3 is 0 Å². The summed E-state index contributed by atoms with van der Waals surface area (Å²) in [5, 5.41) is 9.66. The van der Waals surface area contributed by atoms with Crippen molar-refractivity contribution in [3.05, 3.63) is 70.7 Å². The molecule has 0 fully saturated rings. The van der Waals surface area contributed by atoms with Crippen molar-refractivity contribution in [1.29, 1.82) is 0 Å². The van der Waals surface area contributed by atoms with Crippen LogP contribution in [0.2, 0.25) is 5.02 Å². The van der Waals surface area contributed by atoms with E-state index >= 15 is 0 Å². The van der Waals surface area contributed by atoms with Crippen molar-refractivity contribution in [2.75, 3.05) is 17.2 Å². The zero-order valence-corrected chi connectivity index (χ0v) is 16.5. The molecule has 0 spiro atoms. The summed E-state index contributed by atoms with van der Waals surface area (Å²) in [6.07, 6.45) is 0.796. The van der Waals surface area contributed by atoms with Crippen LogP contribution in [-0.2, 0) is 6.54 Å². The fourth-order valence-electron chi connectivity index (χ4n) is 3.05. The summed E-state index contributed by atoms with van der Waals surface area (Å²) in [6, 6.07) is 16.0. The van der Waals surface area contributed by atoms with Gasteiger partial charge in [-0.1, -0.05) is 53.7 Å². The van der Waals surface area contributed by atoms with Crippen molar-refractivity contribution >= 4 is 41.0 Å². The highest BCUT2D eigenvalue weighted by molar-refractivity contribution is 7.99. The molecule has 1 aromatic heterocycles. The molecule has 8 heteroatoms. The van der Waals surface area contributed by atoms with Gasteiger partial charge >= 0.3 is 0 Å². The van der Waals surface area contributed by atoms with Gasteiger partial charge in [-0.3, -0.25) is 19.1 Å². The van der Waals surface area contributed by atoms with Gasteiger partial charge in [0.2, 0.25) is 5.95 Å². The Morgan fingerprint density at radius 3 is 2.46 bits per heavy atom. The molecule has 28 heavy (non-hydrogen) atoms. The first-order valence-electron chi connectivity index (χ1n) is 8.85. The maximum absolute atomic E-state index is 12.9. The highest BCUT2D eigenvalue weighted by Gasteiger charge is 2.28. The van der Waals surface area contributed by atoms with Crippen molar-refractivity contribution in [3.63, 3.8) is 0 Å². The van der Waals surface area contributed by atoms with Gasteiger partial charge in [0.05, 0.1) is 5.75 Å². The fraction of sp³-hybridized carbons (Fsp3) is 0.200. The number of amides is 1. The van der Waals surface area contributed by atoms with Crippen LogP contribution in [0.15, 0.2) is 59.8 Å². The number of aromatic nitrogens is 3. The van der Waals surface area contributed by atoms with Gasteiger partial charge in [0.25, 0.3) is 5.91 Å². The first-order valence-corrected chi connectivity index (χ1v) is 10.2. The number of carbonyl (C=O) groups excluding carboxylic acids is 2. The molecular formula is C20H17ClN4O2S. The fourth-order valence-corrected chi connectivity index (χ4v) is 4.03. The Balaban J connectivity index is 1.50. The number of hydrogen-bond acceptors (Lipinski definition) is 5. The highest BCUT2D eigenvalue weighted by atomic mass is 35.5. The molecule has 4 rings (SSSR count). The second-order valence-corrected chi connectivity index (χ2v) is 7.71. The van der Waals surface area contributed by atoms with Crippen LogP contribution in [0.25, 0.3) is 0 Å². The monoisotopic (exact) mass is 412 g/mol. The predicted molar refractivity (Wildman–Crippen MR) is 109 cm³/mol. The Hall–Kier alpha value is -2.64. The van der Waals surface area contributed by atoms with Crippen LogP contribution in [0.4, 0.5) is 5.95 Å². The topological polar surface area (TPSA) is 68.1 Å². The van der Waals surface area contributed by atoms with Crippen LogP contribution in [-0.4, -0.2) is 38.8 Å². The number of hydrogen-bond donors (Lipinski definition) is 0. The summed E-state index contributed by atoms with van der Waals surface area (Å²) in [7, 11) is 0. The summed E-state index contributed by atoms with van der Waals surface area (Å²) in [4.78, 5) is 26.8. The number of carbonyl (C=O) groups is 2. The van der Waals surface area contributed by atoms with Crippen LogP contribution < -0.4 is 4.90 Å². The number of thioether (sulfide) groups is 1. The van der Waals surface area contributed by atoms with Crippen LogP contribution >= 0.6 is 23.4 Å². The maximum atomic E-state index is 12.9. The van der Waals surface area contributed by atoms with E-state index in [1.165, 1.54) is 11.8 Å². The molecule has 1 amide bonds. The summed E-state index contributed by atoms with van der Waals surface area (Å²) in [5.74, 6) is 0.684. The summed E-state index contributed by atoms with van der Waals surface area (Å²) in [5.41, 5.74) is 1.22. The van der Waals surface area contributed by atoms with Gasteiger partial charge in [0.15, 0.2) is 10.9 Å². The van der Waals surface area contributed by atoms with E-state index in [1.807, 2.05) is 22.8 Å². The third kappa shape index (κ3) is 3.81. The smallest absolute Gasteiger partial charge is 0.260 e. The van der Waals surface area contributed by atoms with E-state index in [1.54, 1.807) is 41.3 Å². The lowest BCUT2D eigenvalue weighted by Gasteiger charge is -2.27. The standard InChI is InChI=1S/C20H17ClN4O2S/c21-16-9-7-15(8-10-16)18(27)24-11-4-12-25-19(24)22-23-20(25)28-13-17(26)14-5-2-1-3-6-14/h1-3,5-10H,4,11-13H2.